The number of likely N-dealkylation sites (N-methyl/N-ethyl adjacent to an activating group) is 1. The predicted octanol–water partition coefficient (Wildman–Crippen LogP) is 1.76. The van der Waals surface area contributed by atoms with Gasteiger partial charge in [0, 0.05) is 23.7 Å². The van der Waals surface area contributed by atoms with E-state index in [0.717, 1.165) is 11.1 Å². The Bertz CT molecular complexity index is 955. The number of guanidine groups is 1. The molecule has 0 amide bonds. The Kier molecular flexibility index (Phi) is 2.89. The summed E-state index contributed by atoms with van der Waals surface area (Å²) in [5.41, 5.74) is 7.37. The minimum absolute atomic E-state index is 0.325. The highest BCUT2D eigenvalue weighted by Gasteiger charge is 2.73. The first-order valence-electron chi connectivity index (χ1n) is 8.00. The van der Waals surface area contributed by atoms with Crippen LogP contribution in [0, 0.1) is 19.3 Å². The maximum absolute atomic E-state index is 13.5. The van der Waals surface area contributed by atoms with E-state index in [2.05, 4.69) is 0 Å². The number of nitrogens with zero attached hydrogens (tertiary/aromatic N) is 1. The van der Waals surface area contributed by atoms with E-state index in [1.54, 1.807) is 24.3 Å². The maximum Gasteiger partial charge on any atom is 0.271 e. The normalized spacial score (nSPS) is 25.8. The van der Waals surface area contributed by atoms with Crippen molar-refractivity contribution < 1.29 is 14.6 Å². The van der Waals surface area contributed by atoms with Crippen molar-refractivity contribution >= 4 is 11.7 Å². The highest BCUT2D eigenvalue weighted by molar-refractivity contribution is 6.12. The van der Waals surface area contributed by atoms with E-state index < -0.39 is 11.3 Å². The van der Waals surface area contributed by atoms with Gasteiger partial charge in [-0.25, -0.2) is 0 Å². The first kappa shape index (κ1) is 15.7. The smallest absolute Gasteiger partial charge is 0.271 e. The van der Waals surface area contributed by atoms with Crippen molar-refractivity contribution in [3.05, 3.63) is 64.2 Å². The van der Waals surface area contributed by atoms with Crippen LogP contribution in [0.15, 0.2) is 36.4 Å². The van der Waals surface area contributed by atoms with Gasteiger partial charge in [-0.2, -0.15) is 0 Å². The van der Waals surface area contributed by atoms with E-state index in [1.807, 2.05) is 26.0 Å². The second kappa shape index (κ2) is 4.61. The molecule has 128 valence electrons. The summed E-state index contributed by atoms with van der Waals surface area (Å²) in [5.74, 6) is -2.16. The fraction of sp³-hybridized carbons (Fsp3) is 0.263. The van der Waals surface area contributed by atoms with Gasteiger partial charge in [0.2, 0.25) is 11.3 Å². The van der Waals surface area contributed by atoms with Crippen LogP contribution in [0.25, 0.3) is 0 Å². The standard InChI is InChI=1S/C19H19N3O3/c1-10-8-14-15(9-11(10)2)25-19(24)13-7-5-4-6-12(13)16(23)18(14,19)22(3)17(20)21/h4-9,24H,1-3H3,(H3,20,21). The average Bonchev–Trinajstić information content (AvgIpc) is 2.93. The number of carbonyl (C=O) groups excluding carboxylic acids is 1. The lowest BCUT2D eigenvalue weighted by Gasteiger charge is -2.41. The van der Waals surface area contributed by atoms with Gasteiger partial charge in [0.05, 0.1) is 0 Å². The molecule has 0 saturated heterocycles. The third-order valence-corrected chi connectivity index (χ3v) is 5.46. The van der Waals surface area contributed by atoms with Gasteiger partial charge in [-0.15, -0.1) is 0 Å². The number of carbonyl (C=O) groups is 1. The van der Waals surface area contributed by atoms with Crippen molar-refractivity contribution in [1.82, 2.24) is 4.90 Å². The highest BCUT2D eigenvalue weighted by atomic mass is 16.6. The number of hydrogen-bond donors (Lipinski definition) is 3. The number of fused-ring (bicyclic) bond motifs is 5. The second-order valence-electron chi connectivity index (χ2n) is 6.71. The van der Waals surface area contributed by atoms with E-state index >= 15 is 0 Å². The molecule has 25 heavy (non-hydrogen) atoms. The van der Waals surface area contributed by atoms with Crippen LogP contribution in [-0.2, 0) is 11.3 Å². The maximum atomic E-state index is 13.5. The quantitative estimate of drug-likeness (QED) is 0.544. The van der Waals surface area contributed by atoms with Gasteiger partial charge in [-0.1, -0.05) is 24.3 Å². The molecule has 0 aromatic heterocycles. The number of Topliss-reactive ketones (excluding diaryl/α,β-unsaturated/α-hetero) is 1. The minimum Gasteiger partial charge on any atom is -0.454 e. The summed E-state index contributed by atoms with van der Waals surface area (Å²) < 4.78 is 5.97. The highest BCUT2D eigenvalue weighted by Crippen LogP contribution is 2.60. The lowest BCUT2D eigenvalue weighted by Crippen LogP contribution is -2.61. The number of nitrogens with one attached hydrogen (secondary N) is 1. The van der Waals surface area contributed by atoms with Crippen LogP contribution in [0.5, 0.6) is 5.75 Å². The summed E-state index contributed by atoms with van der Waals surface area (Å²) >= 11 is 0. The molecule has 2 aromatic carbocycles. The summed E-state index contributed by atoms with van der Waals surface area (Å²) in [6.07, 6.45) is 0. The van der Waals surface area contributed by atoms with Crippen molar-refractivity contribution in [2.45, 2.75) is 25.2 Å². The van der Waals surface area contributed by atoms with Gasteiger partial charge in [0.25, 0.3) is 5.79 Å². The summed E-state index contributed by atoms with van der Waals surface area (Å²) in [6.45, 7) is 3.87. The lowest BCUT2D eigenvalue weighted by atomic mass is 9.80. The van der Waals surface area contributed by atoms with Crippen molar-refractivity contribution in [2.24, 2.45) is 5.73 Å². The fourth-order valence-electron chi connectivity index (χ4n) is 4.01. The van der Waals surface area contributed by atoms with E-state index in [1.165, 1.54) is 11.9 Å². The Morgan fingerprint density at radius 3 is 2.52 bits per heavy atom. The van der Waals surface area contributed by atoms with Gasteiger partial charge in [0.1, 0.15) is 5.75 Å². The van der Waals surface area contributed by atoms with Crippen LogP contribution in [0.2, 0.25) is 0 Å². The van der Waals surface area contributed by atoms with E-state index in [4.69, 9.17) is 15.9 Å². The molecule has 2 aromatic rings. The molecule has 2 aliphatic rings. The zero-order valence-corrected chi connectivity index (χ0v) is 14.3. The van der Waals surface area contributed by atoms with Crippen LogP contribution in [0.1, 0.15) is 32.6 Å². The van der Waals surface area contributed by atoms with Gasteiger partial charge < -0.3 is 20.5 Å². The largest absolute Gasteiger partial charge is 0.454 e. The fourth-order valence-corrected chi connectivity index (χ4v) is 4.01. The van der Waals surface area contributed by atoms with Gasteiger partial charge >= 0.3 is 0 Å². The molecule has 0 spiro atoms. The molecule has 6 nitrogen and oxygen atoms in total. The van der Waals surface area contributed by atoms with Gasteiger partial charge in [-0.3, -0.25) is 10.2 Å². The molecule has 0 fully saturated rings. The topological polar surface area (TPSA) is 99.6 Å². The molecule has 4 rings (SSSR count). The Balaban J connectivity index is 2.12. The molecule has 1 aliphatic carbocycles. The average molecular weight is 337 g/mol. The molecule has 0 radical (unpaired) electrons. The molecular formula is C19H19N3O3. The molecule has 1 aliphatic heterocycles. The first-order chi connectivity index (χ1) is 11.7. The zero-order chi connectivity index (χ0) is 18.1. The Morgan fingerprint density at radius 2 is 1.84 bits per heavy atom. The zero-order valence-electron chi connectivity index (χ0n) is 14.3. The number of ether oxygens (including phenoxy) is 1. The Morgan fingerprint density at radius 1 is 1.20 bits per heavy atom. The number of nitrogens with two attached hydrogens (primary N) is 1. The molecule has 2 unspecified atom stereocenters. The van der Waals surface area contributed by atoms with Crippen LogP contribution in [-0.4, -0.2) is 28.8 Å². The molecule has 2 atom stereocenters. The van der Waals surface area contributed by atoms with Crippen LogP contribution < -0.4 is 10.5 Å². The van der Waals surface area contributed by atoms with E-state index in [-0.39, 0.29) is 11.7 Å². The van der Waals surface area contributed by atoms with Crippen molar-refractivity contribution in [3.63, 3.8) is 0 Å². The minimum atomic E-state index is -1.94. The molecule has 0 saturated carbocycles. The summed E-state index contributed by atoms with van der Waals surface area (Å²) in [7, 11) is 1.53. The molecule has 0 bridgehead atoms. The summed E-state index contributed by atoms with van der Waals surface area (Å²) in [6, 6.07) is 10.5. The number of rotatable bonds is 1. The molecule has 1 heterocycles. The number of benzene rings is 2. The van der Waals surface area contributed by atoms with Crippen molar-refractivity contribution in [2.75, 3.05) is 7.05 Å². The predicted molar refractivity (Wildman–Crippen MR) is 92.6 cm³/mol. The van der Waals surface area contributed by atoms with Crippen molar-refractivity contribution in [3.8, 4) is 5.75 Å². The molecule has 6 heteroatoms. The van der Waals surface area contributed by atoms with Gasteiger partial charge in [0.15, 0.2) is 5.96 Å². The number of ketones is 1. The number of aliphatic hydroxyl groups is 1. The monoisotopic (exact) mass is 337 g/mol. The van der Waals surface area contributed by atoms with E-state index in [9.17, 15) is 9.90 Å². The SMILES string of the molecule is Cc1cc2c(cc1C)C1(N(C)C(=N)N)C(=O)c3ccccc3C1(O)O2. The number of hydrogen-bond acceptors (Lipinski definition) is 4. The lowest BCUT2D eigenvalue weighted by molar-refractivity contribution is -0.188. The molecule has 4 N–H and O–H groups in total. The van der Waals surface area contributed by atoms with Crippen molar-refractivity contribution in [1.29, 1.82) is 5.41 Å². The summed E-state index contributed by atoms with van der Waals surface area (Å²) in [4.78, 5) is 14.8. The third kappa shape index (κ3) is 1.57. The second-order valence-corrected chi connectivity index (χ2v) is 6.71. The van der Waals surface area contributed by atoms with Gasteiger partial charge in [-0.05, 0) is 37.1 Å². The third-order valence-electron chi connectivity index (χ3n) is 5.46. The van der Waals surface area contributed by atoms with Crippen LogP contribution >= 0.6 is 0 Å². The van der Waals surface area contributed by atoms with Crippen LogP contribution in [0.3, 0.4) is 0 Å². The van der Waals surface area contributed by atoms with E-state index in [0.29, 0.717) is 22.4 Å². The molecular weight excluding hydrogens is 318 g/mol. The van der Waals surface area contributed by atoms with Crippen LogP contribution in [0.4, 0.5) is 0 Å². The Labute approximate surface area is 145 Å². The number of aryl methyl sites for hydroxylation is 2. The first-order valence-corrected chi connectivity index (χ1v) is 8.00. The Hall–Kier alpha value is -2.86. The summed E-state index contributed by atoms with van der Waals surface area (Å²) in [5, 5.41) is 19.5.